The van der Waals surface area contributed by atoms with Gasteiger partial charge in [0.1, 0.15) is 5.69 Å². The minimum absolute atomic E-state index is 0.152. The number of thiophene rings is 1. The number of nitro benzene ring substituents is 1. The van der Waals surface area contributed by atoms with Gasteiger partial charge in [0.15, 0.2) is 11.0 Å². The summed E-state index contributed by atoms with van der Waals surface area (Å²) in [5.41, 5.74) is 0.888. The second-order valence-corrected chi connectivity index (χ2v) is 8.73. The predicted molar refractivity (Wildman–Crippen MR) is 122 cm³/mol. The molecule has 0 saturated heterocycles. The third-order valence-electron chi connectivity index (χ3n) is 4.40. The highest BCUT2D eigenvalue weighted by atomic mass is 32.2. The summed E-state index contributed by atoms with van der Waals surface area (Å²) in [6, 6.07) is 19.6. The van der Waals surface area contributed by atoms with Gasteiger partial charge in [0, 0.05) is 11.8 Å². The number of anilines is 1. The van der Waals surface area contributed by atoms with Crippen molar-refractivity contribution in [3.8, 4) is 16.4 Å². The predicted octanol–water partition coefficient (Wildman–Crippen LogP) is 5.02. The summed E-state index contributed by atoms with van der Waals surface area (Å²) in [5, 5.41) is 24.5. The molecule has 1 N–H and O–H groups in total. The molecule has 4 rings (SSSR count). The lowest BCUT2D eigenvalue weighted by Crippen LogP contribution is -2.23. The van der Waals surface area contributed by atoms with Crippen LogP contribution in [0.15, 0.2) is 77.3 Å². The van der Waals surface area contributed by atoms with Crippen LogP contribution in [-0.4, -0.2) is 30.8 Å². The molecule has 10 heteroatoms. The van der Waals surface area contributed by atoms with Crippen LogP contribution in [0.1, 0.15) is 6.92 Å². The number of amides is 1. The monoisotopic (exact) mass is 451 g/mol. The molecule has 1 unspecified atom stereocenters. The Hall–Kier alpha value is -3.50. The first-order valence-electron chi connectivity index (χ1n) is 9.30. The molecule has 156 valence electrons. The molecule has 0 aliphatic rings. The Morgan fingerprint density at radius 1 is 1.10 bits per heavy atom. The molecule has 0 bridgehead atoms. The lowest BCUT2D eigenvalue weighted by atomic mass is 10.2. The summed E-state index contributed by atoms with van der Waals surface area (Å²) in [5.74, 6) is 0.328. The van der Waals surface area contributed by atoms with Crippen molar-refractivity contribution in [1.29, 1.82) is 0 Å². The van der Waals surface area contributed by atoms with E-state index in [0.29, 0.717) is 11.0 Å². The number of hydrogen-bond donors (Lipinski definition) is 1. The maximum Gasteiger partial charge on any atom is 0.292 e. The van der Waals surface area contributed by atoms with Crippen LogP contribution in [0.4, 0.5) is 11.4 Å². The molecule has 0 radical (unpaired) electrons. The van der Waals surface area contributed by atoms with Crippen LogP contribution in [0, 0.1) is 10.1 Å². The van der Waals surface area contributed by atoms with Gasteiger partial charge < -0.3 is 5.32 Å². The van der Waals surface area contributed by atoms with Gasteiger partial charge in [-0.1, -0.05) is 48.2 Å². The molecule has 4 aromatic rings. The minimum atomic E-state index is -0.567. The molecule has 2 aromatic heterocycles. The van der Waals surface area contributed by atoms with Crippen molar-refractivity contribution >= 4 is 40.4 Å². The lowest BCUT2D eigenvalue weighted by Gasteiger charge is -2.13. The van der Waals surface area contributed by atoms with Gasteiger partial charge in [-0.15, -0.1) is 21.5 Å². The molecular formula is C21H17N5O3S2. The molecule has 31 heavy (non-hydrogen) atoms. The van der Waals surface area contributed by atoms with Gasteiger partial charge in [0.2, 0.25) is 5.91 Å². The van der Waals surface area contributed by atoms with E-state index < -0.39 is 10.2 Å². The number of nitrogens with one attached hydrogen (secondary N) is 1. The average molecular weight is 452 g/mol. The largest absolute Gasteiger partial charge is 0.319 e. The summed E-state index contributed by atoms with van der Waals surface area (Å²) in [6.07, 6.45) is 0. The van der Waals surface area contributed by atoms with E-state index in [0.717, 1.165) is 10.6 Å². The Labute approximate surface area is 186 Å². The Balaban J connectivity index is 1.61. The first-order chi connectivity index (χ1) is 15.0. The van der Waals surface area contributed by atoms with Crippen LogP contribution in [0.25, 0.3) is 16.4 Å². The fourth-order valence-corrected chi connectivity index (χ4v) is 4.47. The Morgan fingerprint density at radius 3 is 2.55 bits per heavy atom. The zero-order valence-corrected chi connectivity index (χ0v) is 18.0. The standard InChI is InChI=1S/C21H17N5O3S2/c1-14(20(27)22-16-10-5-6-11-17(16)26(28)29)31-21-24-23-19(18-12-7-13-30-18)25(21)15-8-3-2-4-9-15/h2-14H,1H3,(H,22,27). The highest BCUT2D eigenvalue weighted by Crippen LogP contribution is 2.32. The van der Waals surface area contributed by atoms with Crippen LogP contribution in [0.2, 0.25) is 0 Å². The van der Waals surface area contributed by atoms with E-state index in [1.807, 2.05) is 52.4 Å². The van der Waals surface area contributed by atoms with Crippen molar-refractivity contribution in [3.63, 3.8) is 0 Å². The number of nitro groups is 1. The van der Waals surface area contributed by atoms with E-state index in [1.165, 1.54) is 23.9 Å². The SMILES string of the molecule is CC(Sc1nnc(-c2cccs2)n1-c1ccccc1)C(=O)Nc1ccccc1[N+](=O)[O-]. The number of rotatable bonds is 7. The topological polar surface area (TPSA) is 103 Å². The molecule has 2 aromatic carbocycles. The smallest absolute Gasteiger partial charge is 0.292 e. The second kappa shape index (κ2) is 9.11. The van der Waals surface area contributed by atoms with E-state index in [1.54, 1.807) is 30.4 Å². The third-order valence-corrected chi connectivity index (χ3v) is 6.31. The van der Waals surface area contributed by atoms with Gasteiger partial charge in [-0.2, -0.15) is 0 Å². The zero-order valence-electron chi connectivity index (χ0n) is 16.3. The molecule has 1 atom stereocenters. The number of carbonyl (C=O) groups excluding carboxylic acids is 1. The molecule has 0 fully saturated rings. The number of benzene rings is 2. The molecular weight excluding hydrogens is 434 g/mol. The van der Waals surface area contributed by atoms with E-state index in [9.17, 15) is 14.9 Å². The fourth-order valence-electron chi connectivity index (χ4n) is 2.91. The maximum atomic E-state index is 12.8. The summed E-state index contributed by atoms with van der Waals surface area (Å²) in [6.45, 7) is 1.73. The van der Waals surface area contributed by atoms with Crippen LogP contribution >= 0.6 is 23.1 Å². The summed E-state index contributed by atoms with van der Waals surface area (Å²) >= 11 is 2.79. The number of para-hydroxylation sites is 3. The van der Waals surface area contributed by atoms with Crippen molar-refractivity contribution in [2.75, 3.05) is 5.32 Å². The van der Waals surface area contributed by atoms with Gasteiger partial charge in [-0.25, -0.2) is 0 Å². The third kappa shape index (κ3) is 4.49. The Bertz CT molecular complexity index is 1210. The van der Waals surface area contributed by atoms with Crippen LogP contribution in [0.3, 0.4) is 0 Å². The van der Waals surface area contributed by atoms with Gasteiger partial charge in [-0.3, -0.25) is 19.5 Å². The van der Waals surface area contributed by atoms with Crippen molar-refractivity contribution in [2.24, 2.45) is 0 Å². The number of nitrogens with zero attached hydrogens (tertiary/aromatic N) is 4. The zero-order chi connectivity index (χ0) is 21.8. The molecule has 8 nitrogen and oxygen atoms in total. The summed E-state index contributed by atoms with van der Waals surface area (Å²) < 4.78 is 1.91. The lowest BCUT2D eigenvalue weighted by molar-refractivity contribution is -0.383. The van der Waals surface area contributed by atoms with Crippen LogP contribution in [0.5, 0.6) is 0 Å². The van der Waals surface area contributed by atoms with Crippen molar-refractivity contribution in [1.82, 2.24) is 14.8 Å². The van der Waals surface area contributed by atoms with Gasteiger partial charge >= 0.3 is 0 Å². The highest BCUT2D eigenvalue weighted by Gasteiger charge is 2.24. The van der Waals surface area contributed by atoms with E-state index in [4.69, 9.17) is 0 Å². The fraction of sp³-hybridized carbons (Fsp3) is 0.0952. The van der Waals surface area contributed by atoms with E-state index in [-0.39, 0.29) is 17.3 Å². The summed E-state index contributed by atoms with van der Waals surface area (Å²) in [4.78, 5) is 24.4. The molecule has 2 heterocycles. The van der Waals surface area contributed by atoms with Crippen LogP contribution < -0.4 is 5.32 Å². The molecule has 0 saturated carbocycles. The number of hydrogen-bond acceptors (Lipinski definition) is 7. The van der Waals surface area contributed by atoms with Gasteiger partial charge in [0.05, 0.1) is 15.1 Å². The summed E-state index contributed by atoms with van der Waals surface area (Å²) in [7, 11) is 0. The Morgan fingerprint density at radius 2 is 1.84 bits per heavy atom. The minimum Gasteiger partial charge on any atom is -0.319 e. The molecule has 0 aliphatic heterocycles. The van der Waals surface area contributed by atoms with Gasteiger partial charge in [-0.05, 0) is 36.6 Å². The second-order valence-electron chi connectivity index (χ2n) is 6.48. The van der Waals surface area contributed by atoms with E-state index >= 15 is 0 Å². The van der Waals surface area contributed by atoms with Crippen molar-refractivity contribution < 1.29 is 9.72 Å². The number of carbonyl (C=O) groups is 1. The van der Waals surface area contributed by atoms with Crippen molar-refractivity contribution in [3.05, 3.63) is 82.2 Å². The van der Waals surface area contributed by atoms with E-state index in [2.05, 4.69) is 15.5 Å². The van der Waals surface area contributed by atoms with Gasteiger partial charge in [0.25, 0.3) is 5.69 Å². The number of aromatic nitrogens is 3. The van der Waals surface area contributed by atoms with Crippen molar-refractivity contribution in [2.45, 2.75) is 17.3 Å². The quantitative estimate of drug-likeness (QED) is 0.240. The normalized spacial score (nSPS) is 11.8. The highest BCUT2D eigenvalue weighted by molar-refractivity contribution is 8.00. The maximum absolute atomic E-state index is 12.8. The van der Waals surface area contributed by atoms with Crippen LogP contribution in [-0.2, 0) is 4.79 Å². The molecule has 0 spiro atoms. The first-order valence-corrected chi connectivity index (χ1v) is 11.1. The Kier molecular flexibility index (Phi) is 6.10. The molecule has 1 amide bonds. The first kappa shape index (κ1) is 20.8. The average Bonchev–Trinajstić information content (AvgIpc) is 3.44. The molecule has 0 aliphatic carbocycles. The number of thioether (sulfide) groups is 1.